The fraction of sp³-hybridized carbons (Fsp3) is 0.531. The summed E-state index contributed by atoms with van der Waals surface area (Å²) in [5.41, 5.74) is 4.21. The van der Waals surface area contributed by atoms with E-state index in [2.05, 4.69) is 51.1 Å². The van der Waals surface area contributed by atoms with Gasteiger partial charge in [0.2, 0.25) is 16.9 Å². The first kappa shape index (κ1) is 32.7. The van der Waals surface area contributed by atoms with Crippen molar-refractivity contribution in [3.05, 3.63) is 52.8 Å². The summed E-state index contributed by atoms with van der Waals surface area (Å²) >= 11 is 2.99. The molecule has 254 valence electrons. The first-order chi connectivity index (χ1) is 23.4. The van der Waals surface area contributed by atoms with Crippen molar-refractivity contribution in [3.8, 4) is 0 Å². The maximum atomic E-state index is 12.9. The van der Waals surface area contributed by atoms with E-state index in [9.17, 15) is 9.59 Å². The van der Waals surface area contributed by atoms with E-state index >= 15 is 0 Å². The van der Waals surface area contributed by atoms with Gasteiger partial charge in [-0.3, -0.25) is 15.0 Å². The maximum absolute atomic E-state index is 12.9. The van der Waals surface area contributed by atoms with E-state index in [1.54, 1.807) is 26.0 Å². The lowest BCUT2D eigenvalue weighted by atomic mass is 9.82. The van der Waals surface area contributed by atoms with E-state index < -0.39 is 0 Å². The zero-order chi connectivity index (χ0) is 33.0. The summed E-state index contributed by atoms with van der Waals surface area (Å²) in [6.45, 7) is 3.23. The number of anilines is 3. The Morgan fingerprint density at radius 3 is 2.15 bits per heavy atom. The number of nitrogens with one attached hydrogen (secondary N) is 3. The van der Waals surface area contributed by atoms with Gasteiger partial charge in [0.25, 0.3) is 0 Å². The van der Waals surface area contributed by atoms with Crippen LogP contribution in [0.1, 0.15) is 48.0 Å². The van der Waals surface area contributed by atoms with Gasteiger partial charge in [-0.15, -0.1) is 10.2 Å². The van der Waals surface area contributed by atoms with Crippen molar-refractivity contribution in [2.24, 2.45) is 11.0 Å². The molecule has 2 saturated heterocycles. The van der Waals surface area contributed by atoms with Gasteiger partial charge < -0.3 is 29.9 Å². The molecular formula is C32H40N10O4S2. The predicted molar refractivity (Wildman–Crippen MR) is 185 cm³/mol. The number of thioether (sulfide) groups is 1. The summed E-state index contributed by atoms with van der Waals surface area (Å²) in [5, 5.41) is 21.7. The van der Waals surface area contributed by atoms with Crippen molar-refractivity contribution >= 4 is 56.7 Å². The third-order valence-electron chi connectivity index (χ3n) is 9.16. The highest BCUT2D eigenvalue weighted by molar-refractivity contribution is 8.14. The SMILES string of the molecule is COC1CN(c2cccc(CC(=O)Nc3nnc(C4CCCC(C5=NNC(NC(=O)Cc6cccc(N7CC(OC)C7)n6)S5)C4)s3)n2)C1. The number of carbonyl (C=O) groups excluding carboxylic acids is 2. The number of pyridine rings is 2. The molecule has 3 aliphatic heterocycles. The molecular weight excluding hydrogens is 653 g/mol. The zero-order valence-electron chi connectivity index (χ0n) is 27.0. The molecule has 3 unspecified atom stereocenters. The lowest BCUT2D eigenvalue weighted by Crippen LogP contribution is -2.52. The molecule has 0 aromatic carbocycles. The van der Waals surface area contributed by atoms with Gasteiger partial charge >= 0.3 is 0 Å². The van der Waals surface area contributed by atoms with Crippen molar-refractivity contribution in [2.75, 3.05) is 55.5 Å². The molecule has 6 heterocycles. The number of rotatable bonds is 12. The molecule has 0 radical (unpaired) electrons. The number of nitrogens with zero attached hydrogens (tertiary/aromatic N) is 7. The Labute approximate surface area is 287 Å². The van der Waals surface area contributed by atoms with Gasteiger partial charge in [-0.25, -0.2) is 9.97 Å². The van der Waals surface area contributed by atoms with Crippen molar-refractivity contribution in [3.63, 3.8) is 0 Å². The van der Waals surface area contributed by atoms with Crippen LogP contribution < -0.4 is 25.9 Å². The maximum Gasteiger partial charge on any atom is 0.232 e. The molecule has 48 heavy (non-hydrogen) atoms. The summed E-state index contributed by atoms with van der Waals surface area (Å²) in [4.78, 5) is 39.3. The summed E-state index contributed by atoms with van der Waals surface area (Å²) in [5.74, 6) is 1.95. The number of amides is 2. The Morgan fingerprint density at radius 2 is 1.50 bits per heavy atom. The second-order valence-electron chi connectivity index (χ2n) is 12.6. The number of carbonyl (C=O) groups is 2. The van der Waals surface area contributed by atoms with E-state index in [0.717, 1.165) is 79.2 Å². The third-order valence-corrected chi connectivity index (χ3v) is 11.3. The van der Waals surface area contributed by atoms with Gasteiger partial charge in [0.1, 0.15) is 21.7 Å². The Morgan fingerprint density at radius 1 is 0.875 bits per heavy atom. The second kappa shape index (κ2) is 14.7. The number of hydrogen-bond acceptors (Lipinski definition) is 14. The van der Waals surface area contributed by atoms with Crippen LogP contribution in [0, 0.1) is 5.92 Å². The zero-order valence-corrected chi connectivity index (χ0v) is 28.6. The monoisotopic (exact) mass is 692 g/mol. The van der Waals surface area contributed by atoms with Crippen LogP contribution in [0.2, 0.25) is 0 Å². The highest BCUT2D eigenvalue weighted by Gasteiger charge is 2.34. The molecule has 7 rings (SSSR count). The van der Waals surface area contributed by atoms with Gasteiger partial charge in [0.05, 0.1) is 36.4 Å². The van der Waals surface area contributed by atoms with Crippen LogP contribution in [0.5, 0.6) is 0 Å². The van der Waals surface area contributed by atoms with Crippen LogP contribution >= 0.6 is 23.1 Å². The van der Waals surface area contributed by atoms with Gasteiger partial charge in [-0.05, 0) is 43.5 Å². The molecule has 2 amide bonds. The van der Waals surface area contributed by atoms with Gasteiger partial charge in [0.15, 0.2) is 5.50 Å². The van der Waals surface area contributed by atoms with Crippen molar-refractivity contribution in [1.29, 1.82) is 0 Å². The number of hydrogen-bond donors (Lipinski definition) is 3. The summed E-state index contributed by atoms with van der Waals surface area (Å²) in [6.07, 6.45) is 4.80. The molecule has 4 aliphatic rings. The van der Waals surface area contributed by atoms with E-state index in [-0.39, 0.29) is 54.2 Å². The Balaban J connectivity index is 0.862. The van der Waals surface area contributed by atoms with E-state index in [0.29, 0.717) is 10.8 Å². The van der Waals surface area contributed by atoms with E-state index in [4.69, 9.17) is 9.47 Å². The molecule has 3 aromatic rings. The highest BCUT2D eigenvalue weighted by atomic mass is 32.2. The quantitative estimate of drug-likeness (QED) is 0.255. The average molecular weight is 693 g/mol. The van der Waals surface area contributed by atoms with Crippen molar-refractivity contribution in [2.45, 2.75) is 62.1 Å². The lowest BCUT2D eigenvalue weighted by molar-refractivity contribution is -0.120. The molecule has 0 bridgehead atoms. The van der Waals surface area contributed by atoms with Crippen LogP contribution in [0.25, 0.3) is 0 Å². The first-order valence-electron chi connectivity index (χ1n) is 16.3. The number of hydrazone groups is 1. The Hall–Kier alpha value is -3.86. The molecule has 16 heteroatoms. The summed E-state index contributed by atoms with van der Waals surface area (Å²) < 4.78 is 10.7. The molecule has 14 nitrogen and oxygen atoms in total. The molecule has 1 aliphatic carbocycles. The molecule has 1 saturated carbocycles. The summed E-state index contributed by atoms with van der Waals surface area (Å²) in [7, 11) is 3.44. The first-order valence-corrected chi connectivity index (χ1v) is 18.0. The average Bonchev–Trinajstić information content (AvgIpc) is 3.70. The molecule has 3 atom stereocenters. The second-order valence-corrected chi connectivity index (χ2v) is 14.7. The molecule has 3 N–H and O–H groups in total. The minimum absolute atomic E-state index is 0.107. The van der Waals surface area contributed by atoms with Crippen LogP contribution in [0.3, 0.4) is 0 Å². The molecule has 3 fully saturated rings. The smallest absolute Gasteiger partial charge is 0.232 e. The van der Waals surface area contributed by atoms with Crippen LogP contribution in [0.4, 0.5) is 16.8 Å². The topological polar surface area (TPSA) is 159 Å². The van der Waals surface area contributed by atoms with Crippen molar-refractivity contribution < 1.29 is 19.1 Å². The number of aromatic nitrogens is 4. The van der Waals surface area contributed by atoms with Crippen LogP contribution in [-0.4, -0.2) is 95.1 Å². The minimum Gasteiger partial charge on any atom is -0.378 e. The van der Waals surface area contributed by atoms with E-state index in [1.165, 1.54) is 11.3 Å². The highest BCUT2D eigenvalue weighted by Crippen LogP contribution is 2.41. The molecule has 3 aromatic heterocycles. The Kier molecular flexibility index (Phi) is 10.0. The fourth-order valence-electron chi connectivity index (χ4n) is 6.35. The lowest BCUT2D eigenvalue weighted by Gasteiger charge is -2.39. The minimum atomic E-state index is -0.319. The van der Waals surface area contributed by atoms with Gasteiger partial charge in [0, 0.05) is 52.2 Å². The van der Waals surface area contributed by atoms with Crippen LogP contribution in [0.15, 0.2) is 41.5 Å². The predicted octanol–water partition coefficient (Wildman–Crippen LogP) is 2.75. The van der Waals surface area contributed by atoms with Crippen LogP contribution in [-0.2, 0) is 31.9 Å². The Bertz CT molecular complexity index is 1640. The van der Waals surface area contributed by atoms with Gasteiger partial charge in [-0.1, -0.05) is 41.7 Å². The summed E-state index contributed by atoms with van der Waals surface area (Å²) in [6, 6.07) is 11.5. The standard InChI is InChI=1S/C32H40N10O4S2/c1-45-23-15-41(16-23)25-10-4-8-21(33-25)13-27(43)35-31-39-37-29(47-31)19-6-3-7-20(12-19)30-38-40-32(48-30)36-28(44)14-22-9-5-11-26(34-22)42-17-24(18-42)46-2/h4-5,8-11,19-20,23-24,31,39H,3,6-7,12-18H2,1-2H3,(H,35,43)(H,36,40,44). The van der Waals surface area contributed by atoms with Crippen molar-refractivity contribution in [1.82, 2.24) is 30.9 Å². The fourth-order valence-corrected chi connectivity index (χ4v) is 8.31. The third kappa shape index (κ3) is 7.72. The number of methoxy groups -OCH3 is 2. The largest absolute Gasteiger partial charge is 0.378 e. The number of ether oxygens (including phenoxy) is 2. The molecule has 0 spiro atoms. The normalized spacial score (nSPS) is 22.8. The van der Waals surface area contributed by atoms with Gasteiger partial charge in [-0.2, -0.15) is 5.10 Å². The van der Waals surface area contributed by atoms with E-state index in [1.807, 2.05) is 36.4 Å².